The highest BCUT2D eigenvalue weighted by Crippen LogP contribution is 2.38. The van der Waals surface area contributed by atoms with E-state index in [1.54, 1.807) is 25.3 Å². The van der Waals surface area contributed by atoms with Crippen LogP contribution in [0.15, 0.2) is 71.1 Å². The molecular formula is C22H20N2O4S. The van der Waals surface area contributed by atoms with Gasteiger partial charge in [0, 0.05) is 6.54 Å². The lowest BCUT2D eigenvalue weighted by Gasteiger charge is -2.13. The molecule has 1 aliphatic rings. The van der Waals surface area contributed by atoms with Crippen LogP contribution in [0.4, 0.5) is 5.69 Å². The van der Waals surface area contributed by atoms with Crippen molar-refractivity contribution in [3.8, 4) is 5.75 Å². The Morgan fingerprint density at radius 3 is 2.59 bits per heavy atom. The number of thioether (sulfide) groups is 1. The van der Waals surface area contributed by atoms with Crippen molar-refractivity contribution in [2.45, 2.75) is 6.92 Å². The fourth-order valence-corrected chi connectivity index (χ4v) is 3.87. The van der Waals surface area contributed by atoms with Gasteiger partial charge >= 0.3 is 5.97 Å². The number of ether oxygens (including phenoxy) is 1. The SMILES string of the molecule is C=CCN1C(=O)/C(=C(\C)c2ccc(OC)cc2)SC1=Nc1cccc(C(=O)O)c1. The molecule has 0 aromatic heterocycles. The van der Waals surface area contributed by atoms with Gasteiger partial charge in [-0.15, -0.1) is 6.58 Å². The summed E-state index contributed by atoms with van der Waals surface area (Å²) in [5.74, 6) is -0.441. The predicted octanol–water partition coefficient (Wildman–Crippen LogP) is 4.57. The number of nitrogens with zero attached hydrogens (tertiary/aromatic N) is 2. The fraction of sp³-hybridized carbons (Fsp3) is 0.136. The summed E-state index contributed by atoms with van der Waals surface area (Å²) in [6.45, 7) is 5.92. The smallest absolute Gasteiger partial charge is 0.335 e. The quantitative estimate of drug-likeness (QED) is 0.559. The summed E-state index contributed by atoms with van der Waals surface area (Å²) >= 11 is 1.27. The summed E-state index contributed by atoms with van der Waals surface area (Å²) in [5.41, 5.74) is 2.36. The second-order valence-corrected chi connectivity index (χ2v) is 7.22. The van der Waals surface area contributed by atoms with Crippen molar-refractivity contribution in [2.75, 3.05) is 13.7 Å². The maximum Gasteiger partial charge on any atom is 0.335 e. The van der Waals surface area contributed by atoms with Crippen molar-refractivity contribution >= 4 is 40.1 Å². The molecule has 0 aliphatic carbocycles. The highest BCUT2D eigenvalue weighted by molar-refractivity contribution is 8.18. The summed E-state index contributed by atoms with van der Waals surface area (Å²) in [7, 11) is 1.60. The lowest BCUT2D eigenvalue weighted by atomic mass is 10.1. The lowest BCUT2D eigenvalue weighted by Crippen LogP contribution is -2.29. The Morgan fingerprint density at radius 2 is 1.97 bits per heavy atom. The minimum Gasteiger partial charge on any atom is -0.497 e. The van der Waals surface area contributed by atoms with E-state index in [0.29, 0.717) is 22.3 Å². The zero-order valence-electron chi connectivity index (χ0n) is 16.1. The van der Waals surface area contributed by atoms with Gasteiger partial charge in [0.05, 0.1) is 23.3 Å². The Balaban J connectivity index is 2.00. The molecule has 1 heterocycles. The van der Waals surface area contributed by atoms with Gasteiger partial charge in [0.15, 0.2) is 5.17 Å². The van der Waals surface area contributed by atoms with Crippen molar-refractivity contribution in [3.63, 3.8) is 0 Å². The molecule has 1 saturated heterocycles. The van der Waals surface area contributed by atoms with Crippen LogP contribution in [-0.4, -0.2) is 40.7 Å². The predicted molar refractivity (Wildman–Crippen MR) is 116 cm³/mol. The number of aromatic carboxylic acids is 1. The van der Waals surface area contributed by atoms with E-state index in [4.69, 9.17) is 4.74 Å². The summed E-state index contributed by atoms with van der Waals surface area (Å²) < 4.78 is 5.19. The average Bonchev–Trinajstić information content (AvgIpc) is 3.03. The largest absolute Gasteiger partial charge is 0.497 e. The van der Waals surface area contributed by atoms with E-state index >= 15 is 0 Å². The number of allylic oxidation sites excluding steroid dienone is 1. The third kappa shape index (κ3) is 4.41. The number of carbonyl (C=O) groups is 2. The maximum atomic E-state index is 13.0. The highest BCUT2D eigenvalue weighted by Gasteiger charge is 2.34. The number of carboxylic acids is 1. The first kappa shape index (κ1) is 20.4. The fourth-order valence-electron chi connectivity index (χ4n) is 2.80. The standard InChI is InChI=1S/C22H20N2O4S/c1-4-12-24-20(25)19(14(2)15-8-10-18(28-3)11-9-15)29-22(24)23-17-7-5-6-16(13-17)21(26)27/h4-11,13H,1,12H2,2-3H3,(H,26,27)/b19-14-,23-22?. The molecule has 0 atom stereocenters. The van der Waals surface area contributed by atoms with E-state index < -0.39 is 5.97 Å². The maximum absolute atomic E-state index is 13.0. The number of carboxylic acid groups (broad SMARTS) is 1. The van der Waals surface area contributed by atoms with Gasteiger partial charge in [-0.2, -0.15) is 0 Å². The van der Waals surface area contributed by atoms with Crippen LogP contribution in [0.25, 0.3) is 5.57 Å². The Hall–Kier alpha value is -3.32. The zero-order valence-corrected chi connectivity index (χ0v) is 16.9. The third-order valence-electron chi connectivity index (χ3n) is 4.36. The van der Waals surface area contributed by atoms with Crippen LogP contribution < -0.4 is 4.74 Å². The molecule has 0 saturated carbocycles. The molecule has 0 radical (unpaired) electrons. The van der Waals surface area contributed by atoms with E-state index in [1.165, 1.54) is 28.8 Å². The number of hydrogen-bond donors (Lipinski definition) is 1. The summed E-state index contributed by atoms with van der Waals surface area (Å²) in [6, 6.07) is 13.8. The molecule has 1 aliphatic heterocycles. The highest BCUT2D eigenvalue weighted by atomic mass is 32.2. The molecule has 7 heteroatoms. The first-order valence-electron chi connectivity index (χ1n) is 8.82. The first-order chi connectivity index (χ1) is 13.9. The Bertz CT molecular complexity index is 1030. The number of rotatable bonds is 6. The van der Waals surface area contributed by atoms with Gasteiger partial charge in [0.1, 0.15) is 5.75 Å². The normalized spacial score (nSPS) is 16.8. The number of amidine groups is 1. The molecule has 29 heavy (non-hydrogen) atoms. The van der Waals surface area contributed by atoms with Crippen LogP contribution in [0, 0.1) is 0 Å². The van der Waals surface area contributed by atoms with Crippen LogP contribution in [0.2, 0.25) is 0 Å². The molecule has 2 aromatic rings. The van der Waals surface area contributed by atoms with Crippen LogP contribution >= 0.6 is 11.8 Å². The second kappa shape index (κ2) is 8.79. The summed E-state index contributed by atoms with van der Waals surface area (Å²) in [4.78, 5) is 30.8. The van der Waals surface area contributed by atoms with Gasteiger partial charge in [-0.25, -0.2) is 9.79 Å². The van der Waals surface area contributed by atoms with Crippen LogP contribution in [0.5, 0.6) is 5.75 Å². The monoisotopic (exact) mass is 408 g/mol. The molecule has 0 unspecified atom stereocenters. The molecule has 2 aromatic carbocycles. The molecular weight excluding hydrogens is 388 g/mol. The van der Waals surface area contributed by atoms with Gasteiger partial charge in [0.25, 0.3) is 5.91 Å². The number of aliphatic imine (C=N–C) groups is 1. The van der Waals surface area contributed by atoms with Crippen LogP contribution in [-0.2, 0) is 4.79 Å². The third-order valence-corrected chi connectivity index (χ3v) is 5.54. The van der Waals surface area contributed by atoms with Gasteiger partial charge < -0.3 is 9.84 Å². The lowest BCUT2D eigenvalue weighted by molar-refractivity contribution is -0.121. The molecule has 3 rings (SSSR count). The van der Waals surface area contributed by atoms with Gasteiger partial charge in [0.2, 0.25) is 0 Å². The van der Waals surface area contributed by atoms with Crippen molar-refractivity contribution in [3.05, 3.63) is 77.2 Å². The molecule has 148 valence electrons. The summed E-state index contributed by atoms with van der Waals surface area (Å²) in [5, 5.41) is 9.67. The average molecular weight is 408 g/mol. The van der Waals surface area contributed by atoms with Gasteiger partial charge in [-0.05, 0) is 60.2 Å². The number of benzene rings is 2. The van der Waals surface area contributed by atoms with E-state index in [2.05, 4.69) is 11.6 Å². The Labute approximate surface area is 173 Å². The van der Waals surface area contributed by atoms with E-state index in [9.17, 15) is 14.7 Å². The van der Waals surface area contributed by atoms with Crippen molar-refractivity contribution < 1.29 is 19.4 Å². The molecule has 1 fully saturated rings. The zero-order chi connectivity index (χ0) is 21.0. The van der Waals surface area contributed by atoms with E-state index in [1.807, 2.05) is 31.2 Å². The molecule has 0 spiro atoms. The number of carbonyl (C=O) groups excluding carboxylic acids is 1. The van der Waals surface area contributed by atoms with Gasteiger partial charge in [-0.3, -0.25) is 9.69 Å². The topological polar surface area (TPSA) is 79.2 Å². The minimum atomic E-state index is -1.03. The van der Waals surface area contributed by atoms with Crippen molar-refractivity contribution in [1.29, 1.82) is 0 Å². The minimum absolute atomic E-state index is 0.140. The molecule has 1 N–H and O–H groups in total. The Kier molecular flexibility index (Phi) is 6.19. The Morgan fingerprint density at radius 1 is 1.24 bits per heavy atom. The van der Waals surface area contributed by atoms with Crippen LogP contribution in [0.1, 0.15) is 22.8 Å². The molecule has 0 bridgehead atoms. The number of methoxy groups -OCH3 is 1. The van der Waals surface area contributed by atoms with Crippen molar-refractivity contribution in [2.24, 2.45) is 4.99 Å². The first-order valence-corrected chi connectivity index (χ1v) is 9.64. The van der Waals surface area contributed by atoms with Crippen molar-refractivity contribution in [1.82, 2.24) is 4.90 Å². The second-order valence-electron chi connectivity index (χ2n) is 6.24. The van der Waals surface area contributed by atoms with E-state index in [0.717, 1.165) is 16.9 Å². The number of hydrogen-bond acceptors (Lipinski definition) is 5. The number of amides is 1. The van der Waals surface area contributed by atoms with E-state index in [-0.39, 0.29) is 11.5 Å². The molecule has 1 amide bonds. The van der Waals surface area contributed by atoms with Gasteiger partial charge in [-0.1, -0.05) is 24.3 Å². The molecule has 6 nitrogen and oxygen atoms in total. The summed E-state index contributed by atoms with van der Waals surface area (Å²) in [6.07, 6.45) is 1.63. The van der Waals surface area contributed by atoms with Crippen LogP contribution in [0.3, 0.4) is 0 Å².